The lowest BCUT2D eigenvalue weighted by molar-refractivity contribution is 0.742. The summed E-state index contributed by atoms with van der Waals surface area (Å²) in [5.74, 6) is 0. The molecule has 1 aliphatic rings. The van der Waals surface area contributed by atoms with E-state index in [4.69, 9.17) is 0 Å². The maximum Gasteiger partial charge on any atom is -0.0225 e. The maximum absolute atomic E-state index is 2.40. The smallest absolute Gasteiger partial charge is 0.0225 e. The number of hydrogen-bond donors (Lipinski definition) is 0. The SMILES string of the molecule is Cc1cccc(C2=CCCCC2)c1. The summed E-state index contributed by atoms with van der Waals surface area (Å²) in [7, 11) is 0. The molecule has 0 saturated heterocycles. The molecule has 0 unspecified atom stereocenters. The molecule has 68 valence electrons. The molecule has 0 bridgehead atoms. The molecule has 0 heterocycles. The summed E-state index contributed by atoms with van der Waals surface area (Å²) < 4.78 is 0. The number of allylic oxidation sites excluding steroid dienone is 2. The maximum atomic E-state index is 2.40. The second kappa shape index (κ2) is 3.78. The van der Waals surface area contributed by atoms with E-state index in [2.05, 4.69) is 37.3 Å². The summed E-state index contributed by atoms with van der Waals surface area (Å²) in [4.78, 5) is 0. The number of hydrogen-bond acceptors (Lipinski definition) is 0. The zero-order valence-electron chi connectivity index (χ0n) is 8.22. The van der Waals surface area contributed by atoms with Gasteiger partial charge in [0.1, 0.15) is 0 Å². The second-order valence-corrected chi connectivity index (χ2v) is 3.84. The topological polar surface area (TPSA) is 0 Å². The molecular weight excluding hydrogens is 156 g/mol. The molecule has 0 N–H and O–H groups in total. The van der Waals surface area contributed by atoms with Gasteiger partial charge in [0.05, 0.1) is 0 Å². The quantitative estimate of drug-likeness (QED) is 0.601. The molecule has 0 aliphatic heterocycles. The van der Waals surface area contributed by atoms with Crippen LogP contribution in [0.3, 0.4) is 0 Å². The highest BCUT2D eigenvalue weighted by Gasteiger charge is 2.05. The van der Waals surface area contributed by atoms with Crippen molar-refractivity contribution in [3.05, 3.63) is 41.5 Å². The van der Waals surface area contributed by atoms with Crippen LogP contribution in [0.1, 0.15) is 36.8 Å². The van der Waals surface area contributed by atoms with E-state index >= 15 is 0 Å². The minimum absolute atomic E-state index is 1.27. The van der Waals surface area contributed by atoms with Gasteiger partial charge in [-0.25, -0.2) is 0 Å². The van der Waals surface area contributed by atoms with Gasteiger partial charge >= 0.3 is 0 Å². The fourth-order valence-corrected chi connectivity index (χ4v) is 1.95. The molecule has 0 spiro atoms. The van der Waals surface area contributed by atoms with Gasteiger partial charge in [-0.2, -0.15) is 0 Å². The van der Waals surface area contributed by atoms with Crippen LogP contribution in [-0.2, 0) is 0 Å². The minimum Gasteiger partial charge on any atom is -0.0807 e. The van der Waals surface area contributed by atoms with Gasteiger partial charge in [-0.05, 0) is 43.7 Å². The first-order valence-corrected chi connectivity index (χ1v) is 5.12. The molecular formula is C13H16. The van der Waals surface area contributed by atoms with Gasteiger partial charge in [0.25, 0.3) is 0 Å². The first kappa shape index (κ1) is 8.55. The summed E-state index contributed by atoms with van der Waals surface area (Å²) in [6.45, 7) is 2.16. The van der Waals surface area contributed by atoms with Gasteiger partial charge in [0, 0.05) is 0 Å². The molecule has 13 heavy (non-hydrogen) atoms. The van der Waals surface area contributed by atoms with Crippen molar-refractivity contribution < 1.29 is 0 Å². The van der Waals surface area contributed by atoms with Crippen LogP contribution < -0.4 is 0 Å². The highest BCUT2D eigenvalue weighted by atomic mass is 14.1. The van der Waals surface area contributed by atoms with Gasteiger partial charge in [-0.15, -0.1) is 0 Å². The van der Waals surface area contributed by atoms with Gasteiger partial charge < -0.3 is 0 Å². The first-order valence-electron chi connectivity index (χ1n) is 5.12. The molecule has 0 fully saturated rings. The number of rotatable bonds is 1. The largest absolute Gasteiger partial charge is 0.0807 e. The number of benzene rings is 1. The lowest BCUT2D eigenvalue weighted by atomic mass is 9.93. The first-order chi connectivity index (χ1) is 6.36. The number of aryl methyl sites for hydroxylation is 1. The third-order valence-corrected chi connectivity index (χ3v) is 2.68. The van der Waals surface area contributed by atoms with Gasteiger partial charge in [-0.3, -0.25) is 0 Å². The third-order valence-electron chi connectivity index (χ3n) is 2.68. The lowest BCUT2D eigenvalue weighted by Gasteiger charge is -2.12. The van der Waals surface area contributed by atoms with Crippen molar-refractivity contribution in [1.82, 2.24) is 0 Å². The van der Waals surface area contributed by atoms with Crippen LogP contribution in [0.4, 0.5) is 0 Å². The molecule has 2 rings (SSSR count). The molecule has 0 nitrogen and oxygen atoms in total. The van der Waals surface area contributed by atoms with Crippen molar-refractivity contribution in [1.29, 1.82) is 0 Å². The van der Waals surface area contributed by atoms with E-state index in [9.17, 15) is 0 Å². The molecule has 0 atom stereocenters. The van der Waals surface area contributed by atoms with E-state index in [0.29, 0.717) is 0 Å². The average molecular weight is 172 g/mol. The van der Waals surface area contributed by atoms with Crippen molar-refractivity contribution in [2.24, 2.45) is 0 Å². The van der Waals surface area contributed by atoms with E-state index in [1.165, 1.54) is 36.8 Å². The third kappa shape index (κ3) is 2.00. The van der Waals surface area contributed by atoms with Crippen molar-refractivity contribution >= 4 is 5.57 Å². The van der Waals surface area contributed by atoms with E-state index < -0.39 is 0 Å². The Labute approximate surface area is 80.3 Å². The van der Waals surface area contributed by atoms with Crippen molar-refractivity contribution in [3.63, 3.8) is 0 Å². The van der Waals surface area contributed by atoms with Crippen molar-refractivity contribution in [2.45, 2.75) is 32.6 Å². The van der Waals surface area contributed by atoms with Crippen LogP contribution in [0.25, 0.3) is 5.57 Å². The van der Waals surface area contributed by atoms with Crippen LogP contribution >= 0.6 is 0 Å². The average Bonchev–Trinajstić information content (AvgIpc) is 2.19. The van der Waals surface area contributed by atoms with Crippen LogP contribution in [-0.4, -0.2) is 0 Å². The second-order valence-electron chi connectivity index (χ2n) is 3.84. The lowest BCUT2D eigenvalue weighted by Crippen LogP contribution is -1.91. The Morgan fingerprint density at radius 2 is 2.08 bits per heavy atom. The molecule has 1 aromatic rings. The molecule has 0 amide bonds. The Morgan fingerprint density at radius 3 is 2.77 bits per heavy atom. The summed E-state index contributed by atoms with van der Waals surface area (Å²) in [6, 6.07) is 8.83. The van der Waals surface area contributed by atoms with Crippen molar-refractivity contribution in [3.8, 4) is 0 Å². The van der Waals surface area contributed by atoms with Gasteiger partial charge in [0.2, 0.25) is 0 Å². The predicted molar refractivity (Wildman–Crippen MR) is 57.6 cm³/mol. The standard InChI is InChI=1S/C13H16/c1-11-6-5-9-13(10-11)12-7-3-2-4-8-12/h5-7,9-10H,2-4,8H2,1H3. The fourth-order valence-electron chi connectivity index (χ4n) is 1.95. The molecule has 0 heteroatoms. The van der Waals surface area contributed by atoms with Gasteiger partial charge in [0.15, 0.2) is 0 Å². The van der Waals surface area contributed by atoms with Crippen LogP contribution in [0, 0.1) is 6.92 Å². The zero-order chi connectivity index (χ0) is 9.10. The monoisotopic (exact) mass is 172 g/mol. The fraction of sp³-hybridized carbons (Fsp3) is 0.385. The molecule has 1 aliphatic carbocycles. The summed E-state index contributed by atoms with van der Waals surface area (Å²) in [6.07, 6.45) is 7.67. The molecule has 0 radical (unpaired) electrons. The van der Waals surface area contributed by atoms with Crippen LogP contribution in [0.2, 0.25) is 0 Å². The van der Waals surface area contributed by atoms with Crippen LogP contribution in [0.5, 0.6) is 0 Å². The zero-order valence-corrected chi connectivity index (χ0v) is 8.22. The molecule has 0 aromatic heterocycles. The summed E-state index contributed by atoms with van der Waals surface area (Å²) in [5.41, 5.74) is 4.35. The summed E-state index contributed by atoms with van der Waals surface area (Å²) in [5, 5.41) is 0. The van der Waals surface area contributed by atoms with E-state index in [-0.39, 0.29) is 0 Å². The van der Waals surface area contributed by atoms with Crippen LogP contribution in [0.15, 0.2) is 30.3 Å². The van der Waals surface area contributed by atoms with Crippen molar-refractivity contribution in [2.75, 3.05) is 0 Å². The Kier molecular flexibility index (Phi) is 2.49. The predicted octanol–water partition coefficient (Wildman–Crippen LogP) is 3.95. The van der Waals surface area contributed by atoms with E-state index in [1.807, 2.05) is 0 Å². The Morgan fingerprint density at radius 1 is 1.15 bits per heavy atom. The highest BCUT2D eigenvalue weighted by Crippen LogP contribution is 2.26. The Bertz CT molecular complexity index is 321. The normalized spacial score (nSPS) is 16.8. The highest BCUT2D eigenvalue weighted by molar-refractivity contribution is 5.66. The molecule has 1 aromatic carbocycles. The molecule has 0 saturated carbocycles. The van der Waals surface area contributed by atoms with Gasteiger partial charge in [-0.1, -0.05) is 35.9 Å². The Balaban J connectivity index is 2.29. The minimum atomic E-state index is 1.27. The Hall–Kier alpha value is -1.04. The summed E-state index contributed by atoms with van der Waals surface area (Å²) >= 11 is 0. The van der Waals surface area contributed by atoms with E-state index in [0.717, 1.165) is 0 Å². The van der Waals surface area contributed by atoms with E-state index in [1.54, 1.807) is 5.57 Å².